The fourth-order valence-electron chi connectivity index (χ4n) is 1.76. The Morgan fingerprint density at radius 2 is 1.67 bits per heavy atom. The van der Waals surface area contributed by atoms with Gasteiger partial charge in [0.15, 0.2) is 0 Å². The molecule has 0 fully saturated rings. The minimum Gasteiger partial charge on any atom is -0.444 e. The zero-order valence-corrected chi connectivity index (χ0v) is 14.5. The van der Waals surface area contributed by atoms with Gasteiger partial charge in [0.25, 0.3) is 0 Å². The number of carbonyl (C=O) groups excluding carboxylic acids is 1. The highest BCUT2D eigenvalue weighted by Gasteiger charge is 2.39. The van der Waals surface area contributed by atoms with Crippen LogP contribution >= 0.6 is 0 Å². The molecule has 7 nitrogen and oxygen atoms in total. The topological polar surface area (TPSA) is 86.3 Å². The van der Waals surface area contributed by atoms with Crippen molar-refractivity contribution < 1.29 is 27.9 Å². The molecule has 2 N–H and O–H groups in total. The van der Waals surface area contributed by atoms with E-state index in [2.05, 4.69) is 5.32 Å². The van der Waals surface area contributed by atoms with Gasteiger partial charge in [-0.05, 0) is 34.1 Å². The second-order valence-electron chi connectivity index (χ2n) is 4.41. The average molecular weight is 323 g/mol. The Bertz CT molecular complexity index is 262. The van der Waals surface area contributed by atoms with Gasteiger partial charge in [-0.1, -0.05) is 0 Å². The zero-order chi connectivity index (χ0) is 16.1. The van der Waals surface area contributed by atoms with Gasteiger partial charge in [0.05, 0.1) is 6.61 Å². The Morgan fingerprint density at radius 1 is 1.14 bits per heavy atom. The molecule has 0 spiro atoms. The fourth-order valence-corrected chi connectivity index (χ4v) is 4.37. The van der Waals surface area contributed by atoms with Crippen molar-refractivity contribution in [2.45, 2.75) is 46.3 Å². The van der Waals surface area contributed by atoms with Crippen molar-refractivity contribution in [3.8, 4) is 0 Å². The number of aliphatic hydroxyl groups is 1. The number of hydrogen-bond acceptors (Lipinski definition) is 6. The molecule has 0 aliphatic heterocycles. The normalized spacial score (nSPS) is 13.0. The molecule has 0 rings (SSSR count). The third-order valence-corrected chi connectivity index (χ3v) is 5.74. The maximum Gasteiger partial charge on any atom is 0.500 e. The standard InChI is InChI=1S/C13H29NO6Si/c1-5-17-21(18-6-2,19-7-3)10-8-9-14-13(16)20-12(4)11-15/h12,15H,5-11H2,1-4H3,(H,14,16). The summed E-state index contributed by atoms with van der Waals surface area (Å²) in [5, 5.41) is 11.4. The van der Waals surface area contributed by atoms with Crippen LogP contribution in [0.1, 0.15) is 34.1 Å². The molecule has 0 radical (unpaired) electrons. The molecule has 1 unspecified atom stereocenters. The van der Waals surface area contributed by atoms with E-state index in [1.807, 2.05) is 20.8 Å². The first-order chi connectivity index (χ1) is 10.0. The van der Waals surface area contributed by atoms with E-state index in [0.717, 1.165) is 0 Å². The largest absolute Gasteiger partial charge is 0.500 e. The van der Waals surface area contributed by atoms with E-state index < -0.39 is 21.0 Å². The van der Waals surface area contributed by atoms with Gasteiger partial charge in [-0.25, -0.2) is 4.79 Å². The maximum absolute atomic E-state index is 11.4. The molecule has 0 aromatic rings. The quantitative estimate of drug-likeness (QED) is 0.418. The van der Waals surface area contributed by atoms with Crippen molar-refractivity contribution in [1.29, 1.82) is 0 Å². The molecule has 8 heteroatoms. The Labute approximate surface area is 128 Å². The summed E-state index contributed by atoms with van der Waals surface area (Å²) in [6, 6.07) is 0.637. The van der Waals surface area contributed by atoms with E-state index in [1.165, 1.54) is 0 Å². The van der Waals surface area contributed by atoms with Crippen LogP contribution in [0.25, 0.3) is 0 Å². The van der Waals surface area contributed by atoms with Gasteiger partial charge in [0.1, 0.15) is 6.10 Å². The van der Waals surface area contributed by atoms with E-state index >= 15 is 0 Å². The molecule has 0 heterocycles. The predicted molar refractivity (Wildman–Crippen MR) is 81.1 cm³/mol. The summed E-state index contributed by atoms with van der Waals surface area (Å²) in [4.78, 5) is 11.4. The van der Waals surface area contributed by atoms with Crippen molar-refractivity contribution in [2.24, 2.45) is 0 Å². The highest BCUT2D eigenvalue weighted by atomic mass is 28.4. The molecule has 0 aliphatic carbocycles. The molecule has 126 valence electrons. The molecule has 0 saturated carbocycles. The van der Waals surface area contributed by atoms with Gasteiger partial charge in [0.2, 0.25) is 0 Å². The molecule has 0 aromatic heterocycles. The highest BCUT2D eigenvalue weighted by molar-refractivity contribution is 6.60. The lowest BCUT2D eigenvalue weighted by Crippen LogP contribution is -2.46. The van der Waals surface area contributed by atoms with E-state index in [-0.39, 0.29) is 6.61 Å². The second kappa shape index (κ2) is 11.9. The number of amides is 1. The van der Waals surface area contributed by atoms with Crippen LogP contribution in [0.4, 0.5) is 4.79 Å². The lowest BCUT2D eigenvalue weighted by molar-refractivity contribution is 0.0657. The summed E-state index contributed by atoms with van der Waals surface area (Å²) < 4.78 is 22.0. The number of carbonyl (C=O) groups is 1. The minimum atomic E-state index is -2.64. The van der Waals surface area contributed by atoms with Crippen LogP contribution in [-0.4, -0.2) is 59.1 Å². The van der Waals surface area contributed by atoms with E-state index in [0.29, 0.717) is 38.8 Å². The Hall–Kier alpha value is -0.673. The molecule has 0 bridgehead atoms. The zero-order valence-electron chi connectivity index (χ0n) is 13.5. The Morgan fingerprint density at radius 3 is 2.10 bits per heavy atom. The number of ether oxygens (including phenoxy) is 1. The second-order valence-corrected chi connectivity index (χ2v) is 7.14. The first-order valence-electron chi connectivity index (χ1n) is 7.50. The number of alkyl carbamates (subject to hydrolysis) is 1. The maximum atomic E-state index is 11.4. The van der Waals surface area contributed by atoms with Crippen molar-refractivity contribution in [3.63, 3.8) is 0 Å². The molecule has 0 aromatic carbocycles. The summed E-state index contributed by atoms with van der Waals surface area (Å²) in [6.07, 6.45) is -0.365. The van der Waals surface area contributed by atoms with Crippen LogP contribution < -0.4 is 5.32 Å². The van der Waals surface area contributed by atoms with Gasteiger partial charge < -0.3 is 28.4 Å². The van der Waals surface area contributed by atoms with Crippen LogP contribution in [0.3, 0.4) is 0 Å². The summed E-state index contributed by atoms with van der Waals surface area (Å²) in [5.41, 5.74) is 0. The minimum absolute atomic E-state index is 0.192. The van der Waals surface area contributed by atoms with Gasteiger partial charge in [-0.3, -0.25) is 0 Å². The Kier molecular flexibility index (Phi) is 11.5. The number of aliphatic hydroxyl groups excluding tert-OH is 1. The van der Waals surface area contributed by atoms with Crippen LogP contribution in [-0.2, 0) is 18.0 Å². The monoisotopic (exact) mass is 323 g/mol. The van der Waals surface area contributed by atoms with Crippen LogP contribution in [0.15, 0.2) is 0 Å². The van der Waals surface area contributed by atoms with Gasteiger partial charge in [-0.15, -0.1) is 0 Å². The molecule has 1 amide bonds. The molecule has 21 heavy (non-hydrogen) atoms. The molecular weight excluding hydrogens is 294 g/mol. The van der Waals surface area contributed by atoms with Crippen LogP contribution in [0.5, 0.6) is 0 Å². The molecule has 1 atom stereocenters. The smallest absolute Gasteiger partial charge is 0.444 e. The van der Waals surface area contributed by atoms with Gasteiger partial charge >= 0.3 is 14.9 Å². The first kappa shape index (κ1) is 20.3. The van der Waals surface area contributed by atoms with Crippen molar-refractivity contribution in [3.05, 3.63) is 0 Å². The predicted octanol–water partition coefficient (Wildman–Crippen LogP) is 1.53. The summed E-state index contributed by atoms with van der Waals surface area (Å²) in [5.74, 6) is 0. The first-order valence-corrected chi connectivity index (χ1v) is 9.43. The fraction of sp³-hybridized carbons (Fsp3) is 0.923. The van der Waals surface area contributed by atoms with Gasteiger partial charge in [-0.2, -0.15) is 0 Å². The van der Waals surface area contributed by atoms with E-state index in [4.69, 9.17) is 23.1 Å². The van der Waals surface area contributed by atoms with Gasteiger partial charge in [0, 0.05) is 32.4 Å². The molecular formula is C13H29NO6Si. The lowest BCUT2D eigenvalue weighted by Gasteiger charge is -2.28. The summed E-state index contributed by atoms with van der Waals surface area (Å²) >= 11 is 0. The highest BCUT2D eigenvalue weighted by Crippen LogP contribution is 2.17. The number of nitrogens with one attached hydrogen (secondary N) is 1. The Balaban J connectivity index is 4.15. The SMILES string of the molecule is CCO[Si](CCCNC(=O)OC(C)CO)(OCC)OCC. The summed E-state index contributed by atoms with van der Waals surface area (Å²) in [6.45, 7) is 9.21. The summed E-state index contributed by atoms with van der Waals surface area (Å²) in [7, 11) is -2.64. The van der Waals surface area contributed by atoms with Crippen molar-refractivity contribution >= 4 is 14.9 Å². The third kappa shape index (κ3) is 9.05. The van der Waals surface area contributed by atoms with Crippen LogP contribution in [0, 0.1) is 0 Å². The van der Waals surface area contributed by atoms with Crippen LogP contribution in [0.2, 0.25) is 6.04 Å². The lowest BCUT2D eigenvalue weighted by atomic mass is 10.4. The third-order valence-electron chi connectivity index (χ3n) is 2.59. The number of rotatable bonds is 12. The molecule has 0 saturated heterocycles. The van der Waals surface area contributed by atoms with Crippen molar-refractivity contribution in [1.82, 2.24) is 5.32 Å². The molecule has 0 aliphatic rings. The van der Waals surface area contributed by atoms with E-state index in [9.17, 15) is 4.79 Å². The van der Waals surface area contributed by atoms with Crippen molar-refractivity contribution in [2.75, 3.05) is 33.0 Å². The van der Waals surface area contributed by atoms with E-state index in [1.54, 1.807) is 6.92 Å². The average Bonchev–Trinajstić information content (AvgIpc) is 2.44. The number of hydrogen-bond donors (Lipinski definition) is 2.